The first-order valence-corrected chi connectivity index (χ1v) is 7.23. The largest absolute Gasteiger partial charge is 0.0622 e. The maximum Gasteiger partial charge on any atom is -0.0119 e. The first-order valence-electron chi connectivity index (χ1n) is 7.23. The molecule has 4 aliphatic carbocycles. The normalized spacial score (nSPS) is 38.6. The van der Waals surface area contributed by atoms with Crippen molar-refractivity contribution in [3.05, 3.63) is 47.1 Å². The van der Waals surface area contributed by atoms with Crippen molar-refractivity contribution in [3.63, 3.8) is 0 Å². The summed E-state index contributed by atoms with van der Waals surface area (Å²) in [6.07, 6.45) is 20.1. The van der Waals surface area contributed by atoms with E-state index in [0.29, 0.717) is 0 Å². The van der Waals surface area contributed by atoms with Gasteiger partial charge in [-0.1, -0.05) is 43.2 Å². The molecular formula is C17H20. The van der Waals surface area contributed by atoms with Gasteiger partial charge in [0.05, 0.1) is 0 Å². The van der Waals surface area contributed by atoms with Crippen molar-refractivity contribution < 1.29 is 0 Å². The zero-order chi connectivity index (χ0) is 11.2. The Balaban J connectivity index is 1.85. The van der Waals surface area contributed by atoms with Crippen LogP contribution in [0.4, 0.5) is 0 Å². The molecular weight excluding hydrogens is 204 g/mol. The molecule has 88 valence electrons. The molecule has 0 spiro atoms. The van der Waals surface area contributed by atoms with E-state index in [4.69, 9.17) is 0 Å². The van der Waals surface area contributed by atoms with Crippen LogP contribution in [0.25, 0.3) is 0 Å². The third-order valence-corrected chi connectivity index (χ3v) is 5.28. The second-order valence-electron chi connectivity index (χ2n) is 6.00. The molecule has 2 fully saturated rings. The number of rotatable bonds is 0. The van der Waals surface area contributed by atoms with Crippen LogP contribution in [0.5, 0.6) is 0 Å². The van der Waals surface area contributed by atoms with Crippen LogP contribution in [0.3, 0.4) is 0 Å². The molecule has 0 N–H and O–H groups in total. The van der Waals surface area contributed by atoms with Crippen LogP contribution in [0.15, 0.2) is 47.1 Å². The van der Waals surface area contributed by atoms with Gasteiger partial charge in [0.15, 0.2) is 0 Å². The predicted molar refractivity (Wildman–Crippen MR) is 71.6 cm³/mol. The van der Waals surface area contributed by atoms with E-state index < -0.39 is 0 Å². The van der Waals surface area contributed by atoms with Gasteiger partial charge in [-0.25, -0.2) is 0 Å². The summed E-state index contributed by atoms with van der Waals surface area (Å²) in [6, 6.07) is 0. The third-order valence-electron chi connectivity index (χ3n) is 5.28. The summed E-state index contributed by atoms with van der Waals surface area (Å²) in [5, 5.41) is 0. The van der Waals surface area contributed by atoms with Crippen molar-refractivity contribution in [2.24, 2.45) is 17.8 Å². The van der Waals surface area contributed by atoms with E-state index in [1.807, 2.05) is 0 Å². The van der Waals surface area contributed by atoms with Gasteiger partial charge in [0.2, 0.25) is 0 Å². The maximum absolute atomic E-state index is 2.42. The zero-order valence-corrected chi connectivity index (χ0v) is 10.4. The van der Waals surface area contributed by atoms with Crippen LogP contribution in [0.2, 0.25) is 0 Å². The monoisotopic (exact) mass is 224 g/mol. The van der Waals surface area contributed by atoms with E-state index >= 15 is 0 Å². The van der Waals surface area contributed by atoms with Gasteiger partial charge < -0.3 is 0 Å². The molecule has 0 bridgehead atoms. The number of hydrogen-bond acceptors (Lipinski definition) is 0. The lowest BCUT2D eigenvalue weighted by Gasteiger charge is -2.30. The van der Waals surface area contributed by atoms with Gasteiger partial charge in [-0.2, -0.15) is 0 Å². The Bertz CT molecular complexity index is 458. The standard InChI is InChI=1S/C17H20/c1-2-6-12-10-11-16-14-8-5-4-7-13(14)15(9-3-1)17(12)16/h1-3,6,9,13-14,16H,4-5,7-8,10-11H2. The molecule has 0 radical (unpaired) electrons. The highest BCUT2D eigenvalue weighted by Gasteiger charge is 2.45. The number of fused-ring (bicyclic) bond motifs is 3. The summed E-state index contributed by atoms with van der Waals surface area (Å²) >= 11 is 0. The van der Waals surface area contributed by atoms with E-state index in [9.17, 15) is 0 Å². The van der Waals surface area contributed by atoms with Crippen molar-refractivity contribution in [1.82, 2.24) is 0 Å². The fourth-order valence-corrected chi connectivity index (χ4v) is 4.66. The Labute approximate surface area is 104 Å². The molecule has 17 heavy (non-hydrogen) atoms. The highest BCUT2D eigenvalue weighted by molar-refractivity contribution is 5.53. The van der Waals surface area contributed by atoms with E-state index in [2.05, 4.69) is 30.4 Å². The molecule has 0 nitrogen and oxygen atoms in total. The zero-order valence-electron chi connectivity index (χ0n) is 10.4. The lowest BCUT2D eigenvalue weighted by Crippen LogP contribution is -2.20. The Morgan fingerprint density at radius 1 is 0.882 bits per heavy atom. The third kappa shape index (κ3) is 1.36. The molecule has 3 unspecified atom stereocenters. The van der Waals surface area contributed by atoms with Crippen LogP contribution < -0.4 is 0 Å². The molecule has 0 aromatic heterocycles. The lowest BCUT2D eigenvalue weighted by atomic mass is 9.75. The summed E-state index contributed by atoms with van der Waals surface area (Å²) in [7, 11) is 0. The van der Waals surface area contributed by atoms with Crippen LogP contribution >= 0.6 is 0 Å². The fourth-order valence-electron chi connectivity index (χ4n) is 4.66. The Morgan fingerprint density at radius 2 is 1.82 bits per heavy atom. The first kappa shape index (κ1) is 9.94. The maximum atomic E-state index is 2.42. The quantitative estimate of drug-likeness (QED) is 0.565. The van der Waals surface area contributed by atoms with E-state index in [1.54, 1.807) is 16.7 Å². The Hall–Kier alpha value is -1.04. The van der Waals surface area contributed by atoms with Crippen molar-refractivity contribution >= 4 is 0 Å². The summed E-state index contributed by atoms with van der Waals surface area (Å²) in [5.41, 5.74) is 5.13. The minimum absolute atomic E-state index is 0.898. The minimum Gasteiger partial charge on any atom is -0.0622 e. The molecule has 0 saturated heterocycles. The van der Waals surface area contributed by atoms with Gasteiger partial charge in [-0.3, -0.25) is 0 Å². The molecule has 0 aromatic rings. The van der Waals surface area contributed by atoms with Crippen molar-refractivity contribution in [2.75, 3.05) is 0 Å². The van der Waals surface area contributed by atoms with E-state index in [1.165, 1.54) is 38.5 Å². The molecule has 4 rings (SSSR count). The molecule has 2 saturated carbocycles. The van der Waals surface area contributed by atoms with Gasteiger partial charge in [-0.15, -0.1) is 0 Å². The van der Waals surface area contributed by atoms with E-state index in [0.717, 1.165) is 17.8 Å². The van der Waals surface area contributed by atoms with Gasteiger partial charge in [0.1, 0.15) is 0 Å². The summed E-state index contributed by atoms with van der Waals surface area (Å²) < 4.78 is 0. The van der Waals surface area contributed by atoms with Gasteiger partial charge >= 0.3 is 0 Å². The molecule has 3 atom stereocenters. The predicted octanol–water partition coefficient (Wildman–Crippen LogP) is 4.57. The highest BCUT2D eigenvalue weighted by Crippen LogP contribution is 2.57. The van der Waals surface area contributed by atoms with Crippen molar-refractivity contribution in [2.45, 2.75) is 38.5 Å². The second-order valence-corrected chi connectivity index (χ2v) is 6.00. The van der Waals surface area contributed by atoms with Crippen LogP contribution in [0, 0.1) is 17.8 Å². The molecule has 0 heteroatoms. The fraction of sp³-hybridized carbons (Fsp3) is 0.529. The molecule has 0 aromatic carbocycles. The number of hydrogen-bond donors (Lipinski definition) is 0. The van der Waals surface area contributed by atoms with Gasteiger partial charge in [0, 0.05) is 0 Å². The highest BCUT2D eigenvalue weighted by atomic mass is 14.5. The van der Waals surface area contributed by atoms with Crippen LogP contribution in [-0.2, 0) is 0 Å². The van der Waals surface area contributed by atoms with Crippen molar-refractivity contribution in [3.8, 4) is 0 Å². The average Bonchev–Trinajstić information content (AvgIpc) is 2.84. The Kier molecular flexibility index (Phi) is 2.18. The molecule has 0 heterocycles. The summed E-state index contributed by atoms with van der Waals surface area (Å²) in [4.78, 5) is 0. The van der Waals surface area contributed by atoms with Crippen molar-refractivity contribution in [1.29, 1.82) is 0 Å². The van der Waals surface area contributed by atoms with Crippen LogP contribution in [-0.4, -0.2) is 0 Å². The summed E-state index contributed by atoms with van der Waals surface area (Å²) in [5.74, 6) is 2.80. The summed E-state index contributed by atoms with van der Waals surface area (Å²) in [6.45, 7) is 0. The molecule has 0 aliphatic heterocycles. The lowest BCUT2D eigenvalue weighted by molar-refractivity contribution is 0.238. The van der Waals surface area contributed by atoms with Gasteiger partial charge in [0.25, 0.3) is 0 Å². The average molecular weight is 224 g/mol. The SMILES string of the molecule is C1=CC=C2CCC3C2=C(C=C1)C1CCCCC13. The smallest absolute Gasteiger partial charge is 0.0119 e. The topological polar surface area (TPSA) is 0 Å². The van der Waals surface area contributed by atoms with Crippen LogP contribution in [0.1, 0.15) is 38.5 Å². The first-order chi connectivity index (χ1) is 8.45. The van der Waals surface area contributed by atoms with E-state index in [-0.39, 0.29) is 0 Å². The minimum atomic E-state index is 0.898. The second kappa shape index (κ2) is 3.73. The number of allylic oxidation sites excluding steroid dienone is 8. The molecule has 4 aliphatic rings. The van der Waals surface area contributed by atoms with Gasteiger partial charge in [-0.05, 0) is 60.2 Å². The Morgan fingerprint density at radius 3 is 2.82 bits per heavy atom. The molecule has 0 amide bonds.